The van der Waals surface area contributed by atoms with E-state index >= 15 is 0 Å². The molecule has 0 saturated carbocycles. The minimum atomic E-state index is -0.560. The van der Waals surface area contributed by atoms with E-state index in [1.54, 1.807) is 31.4 Å². The van der Waals surface area contributed by atoms with Crippen LogP contribution in [-0.4, -0.2) is 25.5 Å². The number of hydrogen-bond donors (Lipinski definition) is 1. The Morgan fingerprint density at radius 2 is 1.76 bits per heavy atom. The Labute approximate surface area is 145 Å². The molecule has 6 nitrogen and oxygen atoms in total. The van der Waals surface area contributed by atoms with Gasteiger partial charge in [-0.15, -0.1) is 0 Å². The average molecular weight is 337 g/mol. The SMILES string of the molecule is COc1ccc(C(=O)C2=C(COCc3ccccc3)NC(=O)[N]2)cc1. The standard InChI is InChI=1S/C19H17N2O4/c1-24-15-9-7-14(8-10-15)18(22)17-16(20-19(23)21-17)12-25-11-13-5-3-2-4-6-13/h2-10H,11-12H2,1H3,(H,20,23). The molecule has 0 fully saturated rings. The molecule has 1 aliphatic heterocycles. The third-order valence-corrected chi connectivity index (χ3v) is 3.68. The summed E-state index contributed by atoms with van der Waals surface area (Å²) >= 11 is 0. The maximum atomic E-state index is 12.6. The van der Waals surface area contributed by atoms with E-state index in [1.165, 1.54) is 0 Å². The molecule has 0 spiro atoms. The van der Waals surface area contributed by atoms with Crippen molar-refractivity contribution >= 4 is 11.8 Å². The van der Waals surface area contributed by atoms with Crippen LogP contribution in [0.5, 0.6) is 5.75 Å². The monoisotopic (exact) mass is 337 g/mol. The zero-order chi connectivity index (χ0) is 17.6. The molecule has 6 heteroatoms. The lowest BCUT2D eigenvalue weighted by Gasteiger charge is -2.07. The van der Waals surface area contributed by atoms with Crippen molar-refractivity contribution < 1.29 is 19.1 Å². The third-order valence-electron chi connectivity index (χ3n) is 3.68. The van der Waals surface area contributed by atoms with E-state index in [1.807, 2.05) is 30.3 Å². The number of rotatable bonds is 7. The van der Waals surface area contributed by atoms with Gasteiger partial charge in [0.25, 0.3) is 0 Å². The maximum Gasteiger partial charge on any atom is 0.346 e. The summed E-state index contributed by atoms with van der Waals surface area (Å²) in [6.45, 7) is 0.478. The predicted octanol–water partition coefficient (Wildman–Crippen LogP) is 2.63. The Balaban J connectivity index is 1.70. The molecule has 2 amide bonds. The van der Waals surface area contributed by atoms with Crippen molar-refractivity contribution in [2.45, 2.75) is 6.61 Å². The van der Waals surface area contributed by atoms with Crippen LogP contribution in [0.4, 0.5) is 4.79 Å². The second kappa shape index (κ2) is 7.63. The minimum absolute atomic E-state index is 0.0863. The number of ether oxygens (including phenoxy) is 2. The molecule has 0 unspecified atom stereocenters. The molecule has 127 valence electrons. The highest BCUT2D eigenvalue weighted by Gasteiger charge is 2.28. The van der Waals surface area contributed by atoms with Crippen molar-refractivity contribution in [2.75, 3.05) is 13.7 Å². The first-order chi connectivity index (χ1) is 12.2. The first kappa shape index (κ1) is 16.7. The topological polar surface area (TPSA) is 78.7 Å². The Morgan fingerprint density at radius 3 is 2.44 bits per heavy atom. The fourth-order valence-corrected chi connectivity index (χ4v) is 2.40. The summed E-state index contributed by atoms with van der Waals surface area (Å²) in [4.78, 5) is 24.2. The molecule has 2 aromatic carbocycles. The van der Waals surface area contributed by atoms with E-state index < -0.39 is 6.03 Å². The molecule has 0 aromatic heterocycles. The fraction of sp³-hybridized carbons (Fsp3) is 0.158. The van der Waals surface area contributed by atoms with Gasteiger partial charge in [0, 0.05) is 5.56 Å². The van der Waals surface area contributed by atoms with Crippen molar-refractivity contribution in [2.24, 2.45) is 0 Å². The number of carbonyl (C=O) groups is 2. The fourth-order valence-electron chi connectivity index (χ4n) is 2.40. The van der Waals surface area contributed by atoms with Crippen LogP contribution in [0.2, 0.25) is 0 Å². The van der Waals surface area contributed by atoms with Crippen molar-refractivity contribution in [1.29, 1.82) is 0 Å². The van der Waals surface area contributed by atoms with Crippen LogP contribution >= 0.6 is 0 Å². The largest absolute Gasteiger partial charge is 0.497 e. The molecule has 2 aromatic rings. The van der Waals surface area contributed by atoms with Crippen LogP contribution in [0.3, 0.4) is 0 Å². The summed E-state index contributed by atoms with van der Waals surface area (Å²) in [5, 5.41) is 6.35. The molecular weight excluding hydrogens is 320 g/mol. The molecule has 1 radical (unpaired) electrons. The molecule has 1 aliphatic rings. The molecule has 3 rings (SSSR count). The van der Waals surface area contributed by atoms with Crippen molar-refractivity contribution in [1.82, 2.24) is 10.6 Å². The lowest BCUT2D eigenvalue weighted by Crippen LogP contribution is -2.20. The number of ketones is 1. The van der Waals surface area contributed by atoms with E-state index in [-0.39, 0.29) is 18.1 Å². The van der Waals surface area contributed by atoms with Gasteiger partial charge in [-0.2, -0.15) is 5.32 Å². The van der Waals surface area contributed by atoms with Gasteiger partial charge in [0.1, 0.15) is 11.4 Å². The van der Waals surface area contributed by atoms with Crippen LogP contribution in [0.1, 0.15) is 15.9 Å². The number of nitrogens with zero attached hydrogens (tertiary/aromatic N) is 1. The summed E-state index contributed by atoms with van der Waals surface area (Å²) in [7, 11) is 1.55. The predicted molar refractivity (Wildman–Crippen MR) is 91.1 cm³/mol. The van der Waals surface area contributed by atoms with Crippen LogP contribution in [0, 0.1) is 0 Å². The Morgan fingerprint density at radius 1 is 1.04 bits per heavy atom. The lowest BCUT2D eigenvalue weighted by atomic mass is 10.1. The van der Waals surface area contributed by atoms with Crippen LogP contribution in [0.25, 0.3) is 0 Å². The summed E-state index contributed by atoms with van der Waals surface area (Å²) in [5.74, 6) is 0.314. The average Bonchev–Trinajstić information content (AvgIpc) is 3.02. The molecular formula is C19H17N2O4. The zero-order valence-electron chi connectivity index (χ0n) is 13.7. The molecule has 0 saturated heterocycles. The smallest absolute Gasteiger partial charge is 0.346 e. The number of urea groups is 1. The third kappa shape index (κ3) is 4.05. The number of nitrogens with one attached hydrogen (secondary N) is 1. The van der Waals surface area contributed by atoms with Crippen molar-refractivity contribution in [3.8, 4) is 5.75 Å². The van der Waals surface area contributed by atoms with E-state index in [4.69, 9.17) is 9.47 Å². The lowest BCUT2D eigenvalue weighted by molar-refractivity contribution is 0.102. The van der Waals surface area contributed by atoms with Gasteiger partial charge in [0.15, 0.2) is 0 Å². The van der Waals surface area contributed by atoms with Crippen LogP contribution in [0.15, 0.2) is 66.0 Å². The number of hydrogen-bond acceptors (Lipinski definition) is 4. The number of allylic oxidation sites excluding steroid dienone is 1. The number of Topliss-reactive ketones (excluding diaryl/α,β-unsaturated/α-hetero) is 1. The first-order valence-electron chi connectivity index (χ1n) is 7.73. The number of carbonyl (C=O) groups excluding carboxylic acids is 2. The second-order valence-corrected chi connectivity index (χ2v) is 5.41. The highest BCUT2D eigenvalue weighted by Crippen LogP contribution is 2.18. The molecule has 0 atom stereocenters. The van der Waals surface area contributed by atoms with Gasteiger partial charge in [0.2, 0.25) is 5.78 Å². The van der Waals surface area contributed by atoms with Gasteiger partial charge in [-0.1, -0.05) is 30.3 Å². The van der Waals surface area contributed by atoms with Crippen molar-refractivity contribution in [3.05, 3.63) is 77.1 Å². The van der Waals surface area contributed by atoms with Gasteiger partial charge in [-0.3, -0.25) is 4.79 Å². The van der Waals surface area contributed by atoms with E-state index in [0.29, 0.717) is 23.6 Å². The normalized spacial score (nSPS) is 13.4. The second-order valence-electron chi connectivity index (χ2n) is 5.41. The van der Waals surface area contributed by atoms with Gasteiger partial charge in [0.05, 0.1) is 26.0 Å². The van der Waals surface area contributed by atoms with Crippen LogP contribution < -0.4 is 15.4 Å². The van der Waals surface area contributed by atoms with E-state index in [0.717, 1.165) is 5.56 Å². The summed E-state index contributed by atoms with van der Waals surface area (Å²) < 4.78 is 10.7. The number of methoxy groups -OCH3 is 1. The van der Waals surface area contributed by atoms with Gasteiger partial charge in [-0.25, -0.2) is 4.79 Å². The molecule has 25 heavy (non-hydrogen) atoms. The summed E-state index contributed by atoms with van der Waals surface area (Å²) in [6.07, 6.45) is 0. The Kier molecular flexibility index (Phi) is 5.11. The maximum absolute atomic E-state index is 12.6. The molecule has 0 bridgehead atoms. The Bertz CT molecular complexity index is 798. The van der Waals surface area contributed by atoms with Crippen LogP contribution in [-0.2, 0) is 11.3 Å². The molecule has 0 aliphatic carbocycles. The quantitative estimate of drug-likeness (QED) is 0.788. The summed E-state index contributed by atoms with van der Waals surface area (Å²) in [5.41, 5.74) is 1.90. The zero-order valence-corrected chi connectivity index (χ0v) is 13.7. The Hall–Kier alpha value is -3.12. The van der Waals surface area contributed by atoms with E-state index in [9.17, 15) is 9.59 Å². The highest BCUT2D eigenvalue weighted by atomic mass is 16.5. The first-order valence-corrected chi connectivity index (χ1v) is 7.73. The number of benzene rings is 2. The van der Waals surface area contributed by atoms with Gasteiger partial charge in [-0.05, 0) is 29.8 Å². The van der Waals surface area contributed by atoms with Gasteiger partial charge >= 0.3 is 6.03 Å². The summed E-state index contributed by atoms with van der Waals surface area (Å²) in [6, 6.07) is 15.7. The van der Waals surface area contributed by atoms with Crippen molar-refractivity contribution in [3.63, 3.8) is 0 Å². The highest BCUT2D eigenvalue weighted by molar-refractivity contribution is 6.12. The van der Waals surface area contributed by atoms with Gasteiger partial charge < -0.3 is 14.8 Å². The number of amides is 2. The minimum Gasteiger partial charge on any atom is -0.497 e. The van der Waals surface area contributed by atoms with E-state index in [2.05, 4.69) is 10.6 Å². The molecule has 1 N–H and O–H groups in total. The molecule has 1 heterocycles.